The fourth-order valence-corrected chi connectivity index (χ4v) is 5.70. The van der Waals surface area contributed by atoms with Crippen LogP contribution in [-0.2, 0) is 19.6 Å². The van der Waals surface area contributed by atoms with Gasteiger partial charge >= 0.3 is 0 Å². The van der Waals surface area contributed by atoms with Crippen molar-refractivity contribution < 1.29 is 22.7 Å². The molecular formula is C24H30N4O5S. The smallest absolute Gasteiger partial charge is 0.243 e. The predicted molar refractivity (Wildman–Crippen MR) is 129 cm³/mol. The van der Waals surface area contributed by atoms with Crippen molar-refractivity contribution in [3.8, 4) is 5.75 Å². The molecule has 34 heavy (non-hydrogen) atoms. The highest BCUT2D eigenvalue weighted by Crippen LogP contribution is 2.33. The molecule has 1 N–H and O–H groups in total. The number of anilines is 2. The van der Waals surface area contributed by atoms with E-state index in [0.29, 0.717) is 49.9 Å². The minimum absolute atomic E-state index is 0.0750. The van der Waals surface area contributed by atoms with Crippen molar-refractivity contribution in [2.24, 2.45) is 5.92 Å². The summed E-state index contributed by atoms with van der Waals surface area (Å²) >= 11 is 0. The van der Waals surface area contributed by atoms with Gasteiger partial charge in [0.05, 0.1) is 23.1 Å². The molecule has 2 saturated heterocycles. The van der Waals surface area contributed by atoms with Crippen LogP contribution in [0.15, 0.2) is 53.4 Å². The van der Waals surface area contributed by atoms with Crippen LogP contribution in [0.4, 0.5) is 11.4 Å². The van der Waals surface area contributed by atoms with Crippen LogP contribution in [-0.4, -0.2) is 75.8 Å². The van der Waals surface area contributed by atoms with Crippen molar-refractivity contribution in [2.45, 2.75) is 18.2 Å². The molecule has 2 heterocycles. The van der Waals surface area contributed by atoms with Gasteiger partial charge in [0.25, 0.3) is 0 Å². The molecule has 0 radical (unpaired) electrons. The lowest BCUT2D eigenvalue weighted by molar-refractivity contribution is -0.122. The summed E-state index contributed by atoms with van der Waals surface area (Å²) in [5.41, 5.74) is 1.03. The summed E-state index contributed by atoms with van der Waals surface area (Å²) in [6.07, 6.45) is 0.0750. The van der Waals surface area contributed by atoms with Gasteiger partial charge < -0.3 is 19.9 Å². The van der Waals surface area contributed by atoms with Crippen molar-refractivity contribution in [1.29, 1.82) is 0 Å². The van der Waals surface area contributed by atoms with Gasteiger partial charge in [-0.15, -0.1) is 0 Å². The zero-order valence-electron chi connectivity index (χ0n) is 19.4. The quantitative estimate of drug-likeness (QED) is 0.643. The molecular weight excluding hydrogens is 456 g/mol. The van der Waals surface area contributed by atoms with E-state index in [1.165, 1.54) is 16.4 Å². The fourth-order valence-electron chi connectivity index (χ4n) is 4.23. The average Bonchev–Trinajstić information content (AvgIpc) is 3.22. The first-order chi connectivity index (χ1) is 16.3. The number of benzene rings is 2. The average molecular weight is 487 g/mol. The molecule has 2 fully saturated rings. The molecule has 0 aromatic heterocycles. The van der Waals surface area contributed by atoms with Gasteiger partial charge in [0.15, 0.2) is 0 Å². The lowest BCUT2D eigenvalue weighted by atomic mass is 10.1. The van der Waals surface area contributed by atoms with Gasteiger partial charge in [0, 0.05) is 44.8 Å². The molecule has 10 heteroatoms. The van der Waals surface area contributed by atoms with E-state index >= 15 is 0 Å². The van der Waals surface area contributed by atoms with Crippen LogP contribution >= 0.6 is 0 Å². The molecule has 0 bridgehead atoms. The van der Waals surface area contributed by atoms with Crippen molar-refractivity contribution in [3.63, 3.8) is 0 Å². The maximum absolute atomic E-state index is 13.0. The van der Waals surface area contributed by atoms with Crippen molar-refractivity contribution in [1.82, 2.24) is 9.21 Å². The van der Waals surface area contributed by atoms with Gasteiger partial charge in [-0.1, -0.05) is 18.2 Å². The Morgan fingerprint density at radius 3 is 2.56 bits per heavy atom. The lowest BCUT2D eigenvalue weighted by Crippen LogP contribution is -2.47. The molecule has 9 nitrogen and oxygen atoms in total. The third-order valence-corrected chi connectivity index (χ3v) is 8.05. The Morgan fingerprint density at radius 1 is 1.09 bits per heavy atom. The number of para-hydroxylation sites is 2. The molecule has 2 amide bonds. The second-order valence-corrected chi connectivity index (χ2v) is 10.5. The van der Waals surface area contributed by atoms with Gasteiger partial charge in [-0.2, -0.15) is 4.31 Å². The molecule has 1 atom stereocenters. The van der Waals surface area contributed by atoms with Gasteiger partial charge in [0.1, 0.15) is 5.75 Å². The highest BCUT2D eigenvalue weighted by atomic mass is 32.2. The van der Waals surface area contributed by atoms with Crippen molar-refractivity contribution >= 4 is 33.2 Å². The summed E-state index contributed by atoms with van der Waals surface area (Å²) in [7, 11) is -1.68. The highest BCUT2D eigenvalue weighted by Gasteiger charge is 2.36. The monoisotopic (exact) mass is 486 g/mol. The van der Waals surface area contributed by atoms with Gasteiger partial charge in [0.2, 0.25) is 21.8 Å². The highest BCUT2D eigenvalue weighted by molar-refractivity contribution is 7.89. The second kappa shape index (κ2) is 10.1. The molecule has 1 unspecified atom stereocenters. The molecule has 2 aromatic carbocycles. The number of hydrogen-bond donors (Lipinski definition) is 1. The van der Waals surface area contributed by atoms with Gasteiger partial charge in [-0.05, 0) is 44.3 Å². The van der Waals surface area contributed by atoms with E-state index in [1.54, 1.807) is 29.2 Å². The third kappa shape index (κ3) is 5.08. The zero-order valence-corrected chi connectivity index (χ0v) is 20.3. The van der Waals surface area contributed by atoms with E-state index in [2.05, 4.69) is 10.2 Å². The number of ether oxygens (including phenoxy) is 1. The third-order valence-electron chi connectivity index (χ3n) is 6.15. The number of nitrogens with one attached hydrogen (secondary N) is 1. The summed E-state index contributed by atoms with van der Waals surface area (Å²) < 4.78 is 33.2. The number of amides is 2. The van der Waals surface area contributed by atoms with Crippen LogP contribution in [0.2, 0.25) is 0 Å². The number of hydrogen-bond acceptors (Lipinski definition) is 6. The van der Waals surface area contributed by atoms with Crippen molar-refractivity contribution in [3.05, 3.63) is 48.5 Å². The number of nitrogens with zero attached hydrogens (tertiary/aromatic N) is 3. The van der Waals surface area contributed by atoms with Crippen LogP contribution in [0.5, 0.6) is 5.75 Å². The lowest BCUT2D eigenvalue weighted by Gasteiger charge is -2.31. The first-order valence-corrected chi connectivity index (χ1v) is 12.9. The zero-order chi connectivity index (χ0) is 24.3. The van der Waals surface area contributed by atoms with E-state index in [9.17, 15) is 18.0 Å². The van der Waals surface area contributed by atoms with Gasteiger partial charge in [-0.25, -0.2) is 8.42 Å². The maximum atomic E-state index is 13.0. The van der Waals surface area contributed by atoms with Crippen LogP contribution in [0, 0.1) is 5.92 Å². The Labute approximate surface area is 200 Å². The molecule has 0 spiro atoms. The Hall–Kier alpha value is -2.95. The van der Waals surface area contributed by atoms with E-state index < -0.39 is 15.9 Å². The molecule has 2 aliphatic heterocycles. The summed E-state index contributed by atoms with van der Waals surface area (Å²) in [5.74, 6) is -0.432. The van der Waals surface area contributed by atoms with Crippen LogP contribution in [0.3, 0.4) is 0 Å². The number of carbonyl (C=O) groups excluding carboxylic acids is 2. The SMILES string of the molecule is CCOc1ccccc1N1CC(C(=O)Nc2cccc(S(=O)(=O)N3CCN(C)CC3)c2)CC1=O. The van der Waals surface area contributed by atoms with E-state index in [4.69, 9.17) is 4.74 Å². The Kier molecular flexibility index (Phi) is 7.20. The first-order valence-electron chi connectivity index (χ1n) is 11.4. The number of carbonyl (C=O) groups is 2. The summed E-state index contributed by atoms with van der Waals surface area (Å²) in [6, 6.07) is 13.5. The molecule has 182 valence electrons. The van der Waals surface area contributed by atoms with Gasteiger partial charge in [-0.3, -0.25) is 9.59 Å². The minimum atomic E-state index is -3.65. The number of piperazine rings is 1. The standard InChI is InChI=1S/C24H30N4O5S/c1-3-33-22-10-5-4-9-21(22)28-17-18(15-23(28)29)24(30)25-19-7-6-8-20(16-19)34(31,32)27-13-11-26(2)12-14-27/h4-10,16,18H,3,11-15,17H2,1-2H3,(H,25,30). The molecule has 0 saturated carbocycles. The summed E-state index contributed by atoms with van der Waals surface area (Å²) in [6.45, 7) is 4.78. The molecule has 0 aliphatic carbocycles. The first kappa shape index (κ1) is 24.2. The second-order valence-electron chi connectivity index (χ2n) is 8.53. The predicted octanol–water partition coefficient (Wildman–Crippen LogP) is 2.01. The number of rotatable bonds is 7. The van der Waals surface area contributed by atoms with E-state index in [0.717, 1.165) is 0 Å². The van der Waals surface area contributed by atoms with Crippen LogP contribution < -0.4 is 15.0 Å². The van der Waals surface area contributed by atoms with Crippen LogP contribution in [0.25, 0.3) is 0 Å². The molecule has 2 aromatic rings. The largest absolute Gasteiger partial charge is 0.492 e. The Morgan fingerprint density at radius 2 is 1.82 bits per heavy atom. The Bertz CT molecular complexity index is 1160. The normalized spacial score (nSPS) is 19.9. The maximum Gasteiger partial charge on any atom is 0.243 e. The van der Waals surface area contributed by atoms with E-state index in [-0.39, 0.29) is 29.7 Å². The number of sulfonamides is 1. The van der Waals surface area contributed by atoms with Crippen LogP contribution in [0.1, 0.15) is 13.3 Å². The fraction of sp³-hybridized carbons (Fsp3) is 0.417. The summed E-state index contributed by atoms with van der Waals surface area (Å²) in [5, 5.41) is 2.80. The number of likely N-dealkylation sites (N-methyl/N-ethyl adjacent to an activating group) is 1. The molecule has 4 rings (SSSR count). The molecule has 2 aliphatic rings. The topological polar surface area (TPSA) is 99.3 Å². The minimum Gasteiger partial charge on any atom is -0.492 e. The Balaban J connectivity index is 1.45. The van der Waals surface area contributed by atoms with E-state index in [1.807, 2.05) is 26.1 Å². The summed E-state index contributed by atoms with van der Waals surface area (Å²) in [4.78, 5) is 29.4. The van der Waals surface area contributed by atoms with Crippen molar-refractivity contribution in [2.75, 3.05) is 56.6 Å².